The van der Waals surface area contributed by atoms with E-state index in [1.165, 1.54) is 25.3 Å². The van der Waals surface area contributed by atoms with Gasteiger partial charge < -0.3 is 24.8 Å². The third-order valence-corrected chi connectivity index (χ3v) is 5.65. The van der Waals surface area contributed by atoms with Gasteiger partial charge in [-0.25, -0.2) is 4.39 Å². The summed E-state index contributed by atoms with van der Waals surface area (Å²) in [6.45, 7) is 3.99. The molecule has 0 aliphatic rings. The lowest BCUT2D eigenvalue weighted by Gasteiger charge is -2.19. The van der Waals surface area contributed by atoms with Crippen LogP contribution in [0.2, 0.25) is 0 Å². The number of carbonyl (C=O) groups is 1. The van der Waals surface area contributed by atoms with Gasteiger partial charge >= 0.3 is 5.97 Å². The second kappa shape index (κ2) is 11.3. The van der Waals surface area contributed by atoms with E-state index >= 15 is 0 Å². The van der Waals surface area contributed by atoms with Crippen molar-refractivity contribution in [3.05, 3.63) is 59.5 Å². The molecule has 0 amide bonds. The van der Waals surface area contributed by atoms with E-state index in [1.54, 1.807) is 31.4 Å². The smallest absolute Gasteiger partial charge is 0.305 e. The third kappa shape index (κ3) is 6.15. The maximum atomic E-state index is 13.7. The number of carboxylic acids is 1. The number of pyridine rings is 1. The molecule has 35 heavy (non-hydrogen) atoms. The van der Waals surface area contributed by atoms with Gasteiger partial charge in [0.2, 0.25) is 0 Å². The molecule has 2 aromatic carbocycles. The summed E-state index contributed by atoms with van der Waals surface area (Å²) >= 11 is 0. The van der Waals surface area contributed by atoms with Crippen LogP contribution in [0.1, 0.15) is 43.9 Å². The van der Waals surface area contributed by atoms with Gasteiger partial charge in [0.1, 0.15) is 5.82 Å². The predicted molar refractivity (Wildman–Crippen MR) is 132 cm³/mol. The van der Waals surface area contributed by atoms with Crippen LogP contribution in [0.4, 0.5) is 4.39 Å². The van der Waals surface area contributed by atoms with Crippen LogP contribution in [-0.2, 0) is 4.79 Å². The maximum absolute atomic E-state index is 13.7. The van der Waals surface area contributed by atoms with Gasteiger partial charge in [-0.1, -0.05) is 38.1 Å². The zero-order valence-corrected chi connectivity index (χ0v) is 20.2. The van der Waals surface area contributed by atoms with Crippen molar-refractivity contribution in [2.45, 2.75) is 44.8 Å². The largest absolute Gasteiger partial charge is 0.493 e. The van der Waals surface area contributed by atoms with E-state index in [2.05, 4.69) is 0 Å². The minimum absolute atomic E-state index is 0.00101. The fourth-order valence-electron chi connectivity index (χ4n) is 4.01. The molecule has 8 heteroatoms. The highest BCUT2D eigenvalue weighted by Crippen LogP contribution is 2.41. The number of hydrogen-bond donors (Lipinski definition) is 3. The zero-order chi connectivity index (χ0) is 25.7. The first-order valence-corrected chi connectivity index (χ1v) is 11.3. The lowest BCUT2D eigenvalue weighted by Crippen LogP contribution is -2.19. The van der Waals surface area contributed by atoms with Crippen LogP contribution in [0.5, 0.6) is 11.5 Å². The number of aliphatic hydroxyl groups excluding tert-OH is 2. The standard InChI is InChI=1S/C27H30FNO6/c1-15(2)27-20(10-9-18(30)11-19(31)12-25(32)33)26(16-5-7-17(28)8-6-16)21-13-23(34-3)24(35-4)14-22(21)29-27/h5-10,13-15,18-19,30-31H,11-12H2,1-4H3,(H,32,33). The Kier molecular flexibility index (Phi) is 8.43. The molecule has 2 unspecified atom stereocenters. The molecule has 186 valence electrons. The Bertz CT molecular complexity index is 1220. The van der Waals surface area contributed by atoms with E-state index in [1.807, 2.05) is 19.9 Å². The summed E-state index contributed by atoms with van der Waals surface area (Å²) < 4.78 is 24.7. The summed E-state index contributed by atoms with van der Waals surface area (Å²) in [5.74, 6) is -0.471. The molecule has 3 N–H and O–H groups in total. The first-order chi connectivity index (χ1) is 16.6. The van der Waals surface area contributed by atoms with Gasteiger partial charge in [0.15, 0.2) is 11.5 Å². The molecule has 0 saturated carbocycles. The van der Waals surface area contributed by atoms with Gasteiger partial charge in [-0.05, 0) is 29.7 Å². The molecule has 7 nitrogen and oxygen atoms in total. The van der Waals surface area contributed by atoms with Crippen LogP contribution < -0.4 is 9.47 Å². The lowest BCUT2D eigenvalue weighted by atomic mass is 9.90. The molecule has 3 aromatic rings. The highest BCUT2D eigenvalue weighted by Gasteiger charge is 2.20. The molecule has 0 fully saturated rings. The number of benzene rings is 2. The Hall–Kier alpha value is -3.49. The minimum atomic E-state index is -1.18. The fourth-order valence-corrected chi connectivity index (χ4v) is 4.01. The Balaban J connectivity index is 2.24. The predicted octanol–water partition coefficient (Wildman–Crippen LogP) is 4.78. The van der Waals surface area contributed by atoms with E-state index < -0.39 is 24.6 Å². The van der Waals surface area contributed by atoms with Crippen LogP contribution >= 0.6 is 0 Å². The van der Waals surface area contributed by atoms with Crippen molar-refractivity contribution in [1.29, 1.82) is 0 Å². The van der Waals surface area contributed by atoms with Crippen molar-refractivity contribution < 1.29 is 34.0 Å². The monoisotopic (exact) mass is 483 g/mol. The van der Waals surface area contributed by atoms with Crippen LogP contribution in [0.15, 0.2) is 42.5 Å². The summed E-state index contributed by atoms with van der Waals surface area (Å²) in [6, 6.07) is 9.71. The SMILES string of the molecule is COc1cc2nc(C(C)C)c(C=CC(O)CC(O)CC(=O)O)c(-c3ccc(F)cc3)c2cc1OC. The quantitative estimate of drug-likeness (QED) is 0.381. The second-order valence-corrected chi connectivity index (χ2v) is 8.59. The highest BCUT2D eigenvalue weighted by atomic mass is 19.1. The van der Waals surface area contributed by atoms with Crippen molar-refractivity contribution in [1.82, 2.24) is 4.98 Å². The Morgan fingerprint density at radius 1 is 1.09 bits per heavy atom. The van der Waals surface area contributed by atoms with E-state index in [-0.39, 0.29) is 18.2 Å². The number of hydrogen-bond acceptors (Lipinski definition) is 6. The molecule has 2 atom stereocenters. The molecule has 1 heterocycles. The summed E-state index contributed by atoms with van der Waals surface area (Å²) in [7, 11) is 3.09. The number of nitrogens with zero attached hydrogens (tertiary/aromatic N) is 1. The van der Waals surface area contributed by atoms with E-state index in [9.17, 15) is 19.4 Å². The number of aromatic nitrogens is 1. The van der Waals surface area contributed by atoms with E-state index in [0.717, 1.165) is 27.8 Å². The number of methoxy groups -OCH3 is 2. The number of aliphatic hydroxyl groups is 2. The Morgan fingerprint density at radius 2 is 1.71 bits per heavy atom. The molecule has 3 rings (SSSR count). The van der Waals surface area contributed by atoms with Gasteiger partial charge in [-0.3, -0.25) is 9.78 Å². The van der Waals surface area contributed by atoms with Crippen molar-refractivity contribution in [3.8, 4) is 22.6 Å². The summed E-state index contributed by atoms with van der Waals surface area (Å²) in [4.78, 5) is 15.7. The summed E-state index contributed by atoms with van der Waals surface area (Å²) in [5.41, 5.74) is 3.65. The molecule has 1 aromatic heterocycles. The average Bonchev–Trinajstić information content (AvgIpc) is 2.80. The van der Waals surface area contributed by atoms with Crippen molar-refractivity contribution >= 4 is 22.9 Å². The fraction of sp³-hybridized carbons (Fsp3) is 0.333. The first kappa shape index (κ1) is 26.1. The van der Waals surface area contributed by atoms with Crippen LogP contribution in [0, 0.1) is 5.82 Å². The van der Waals surface area contributed by atoms with Crippen molar-refractivity contribution in [2.75, 3.05) is 14.2 Å². The number of aliphatic carboxylic acids is 1. The number of carboxylic acid groups (broad SMARTS) is 1. The van der Waals surface area contributed by atoms with Crippen LogP contribution in [0.25, 0.3) is 28.1 Å². The van der Waals surface area contributed by atoms with Crippen molar-refractivity contribution in [3.63, 3.8) is 0 Å². The van der Waals surface area contributed by atoms with E-state index in [0.29, 0.717) is 17.0 Å². The minimum Gasteiger partial charge on any atom is -0.493 e. The molecule has 0 saturated heterocycles. The van der Waals surface area contributed by atoms with Gasteiger partial charge in [0.05, 0.1) is 44.1 Å². The topological polar surface area (TPSA) is 109 Å². The Labute approximate surface area is 203 Å². The third-order valence-electron chi connectivity index (χ3n) is 5.65. The average molecular weight is 484 g/mol. The molecule has 0 radical (unpaired) electrons. The van der Waals surface area contributed by atoms with E-state index in [4.69, 9.17) is 19.6 Å². The van der Waals surface area contributed by atoms with Gasteiger partial charge in [-0.15, -0.1) is 0 Å². The first-order valence-electron chi connectivity index (χ1n) is 11.3. The van der Waals surface area contributed by atoms with Crippen LogP contribution in [-0.4, -0.2) is 52.7 Å². The number of fused-ring (bicyclic) bond motifs is 1. The van der Waals surface area contributed by atoms with Crippen molar-refractivity contribution in [2.24, 2.45) is 0 Å². The zero-order valence-electron chi connectivity index (χ0n) is 20.2. The summed E-state index contributed by atoms with van der Waals surface area (Å²) in [6.07, 6.45) is 0.384. The molecule has 0 aliphatic heterocycles. The number of rotatable bonds is 10. The molecule has 0 spiro atoms. The Morgan fingerprint density at radius 3 is 2.29 bits per heavy atom. The normalized spacial score (nSPS) is 13.4. The van der Waals surface area contributed by atoms with Crippen LogP contribution in [0.3, 0.4) is 0 Å². The maximum Gasteiger partial charge on any atom is 0.305 e. The van der Waals surface area contributed by atoms with Gasteiger partial charge in [0.25, 0.3) is 0 Å². The lowest BCUT2D eigenvalue weighted by molar-refractivity contribution is -0.139. The molecule has 0 bridgehead atoms. The van der Waals surface area contributed by atoms with Gasteiger partial charge in [-0.2, -0.15) is 0 Å². The van der Waals surface area contributed by atoms with Gasteiger partial charge in [0, 0.05) is 29.0 Å². The molecular weight excluding hydrogens is 453 g/mol. The highest BCUT2D eigenvalue weighted by molar-refractivity contribution is 6.01. The molecule has 0 aliphatic carbocycles. The second-order valence-electron chi connectivity index (χ2n) is 8.59. The number of ether oxygens (including phenoxy) is 2. The summed E-state index contributed by atoms with van der Waals surface area (Å²) in [5, 5.41) is 29.9. The number of halogens is 1. The molecular formula is C27H30FNO6.